The smallest absolute Gasteiger partial charge is 0.159 e. The van der Waals surface area contributed by atoms with Gasteiger partial charge in [-0.15, -0.1) is 22.7 Å². The number of hydrogen-bond acceptors (Lipinski definition) is 3. The van der Waals surface area contributed by atoms with Crippen molar-refractivity contribution in [2.75, 3.05) is 0 Å². The third kappa shape index (κ3) is 10.6. The zero-order valence-corrected chi connectivity index (χ0v) is 71.1. The van der Waals surface area contributed by atoms with Crippen molar-refractivity contribution < 1.29 is 4.42 Å². The van der Waals surface area contributed by atoms with Crippen LogP contribution in [0, 0.1) is 0 Å². The fraction of sp³-hybridized carbons (Fsp3) is 0. The monoisotopic (exact) mass is 1680 g/mol. The standard InChI is InChI=1S/C40H24N2O.2C40H24N2S/c2*1-2-12-26(13-3-1)41-36-24-37-32(23-33(36)30-22-21-25-11-4-5-14-27(25)39(30)41)28-15-6-8-18-34(28)42(37)35-19-10-17-31-29-16-7-9-20-38(29)43-40(31)35;1-2-12-26(13-3-1)41-34-18-8-6-15-28(34)32-23-33-30-22-21-25-11-4-5-14-27(25)39(30)42(37(33)24-36(32)41)35-19-10-17-31-29-16-7-9-20-38(29)43-40(31)35/h3*1-24H. The number of para-hydroxylation sites is 8. The van der Waals surface area contributed by atoms with E-state index in [1.165, 1.54) is 221 Å². The first-order chi connectivity index (χ1) is 64.0. The van der Waals surface area contributed by atoms with Gasteiger partial charge in [0.1, 0.15) is 5.58 Å². The normalized spacial score (nSPS) is 12.2. The number of furan rings is 1. The molecule has 129 heavy (non-hydrogen) atoms. The van der Waals surface area contributed by atoms with Crippen LogP contribution in [0.4, 0.5) is 0 Å². The Hall–Kier alpha value is -16.6. The van der Waals surface area contributed by atoms with Crippen molar-refractivity contribution in [1.29, 1.82) is 0 Å². The van der Waals surface area contributed by atoms with Crippen LogP contribution in [0.25, 0.3) is 260 Å². The first-order valence-corrected chi connectivity index (χ1v) is 45.7. The van der Waals surface area contributed by atoms with Gasteiger partial charge in [0.05, 0.1) is 92.7 Å². The second kappa shape index (κ2) is 28.0. The Morgan fingerprint density at radius 2 is 0.465 bits per heavy atom. The number of aromatic nitrogens is 6. The molecule has 30 aromatic rings. The van der Waals surface area contributed by atoms with Gasteiger partial charge in [0, 0.05) is 140 Å². The SMILES string of the molecule is c1ccc(-n2c3cc4c(cc3c3ccc5ccccc5c32)c2ccccc2n4-c2cccc3c2oc2ccccc23)cc1.c1ccc(-n2c3cc4c(cc3c3ccc5ccccc5c32)c2ccccc2n4-c2cccc3c2sc2ccccc23)cc1.c1ccc(-n2c3ccccc3c3cc4c5ccc6ccccc6c5n(-c5cccc6c5sc5ccccc56)c4cc32)cc1. The maximum Gasteiger partial charge on any atom is 0.159 e. The fourth-order valence-corrected chi connectivity index (χ4v) is 24.2. The van der Waals surface area contributed by atoms with E-state index in [1.807, 2.05) is 28.7 Å². The Balaban J connectivity index is 0.0000000976. The summed E-state index contributed by atoms with van der Waals surface area (Å²) in [5.74, 6) is 0. The minimum absolute atomic E-state index is 0.904. The van der Waals surface area contributed by atoms with Crippen molar-refractivity contribution in [1.82, 2.24) is 27.4 Å². The molecule has 0 N–H and O–H groups in total. The Bertz CT molecular complexity index is 9600. The molecule has 7 nitrogen and oxygen atoms in total. The lowest BCUT2D eigenvalue weighted by molar-refractivity contribution is 0.666. The molecule has 9 aromatic heterocycles. The molecule has 0 atom stereocenters. The highest BCUT2D eigenvalue weighted by molar-refractivity contribution is 7.26. The molecule has 0 fully saturated rings. The summed E-state index contributed by atoms with van der Waals surface area (Å²) in [5, 5.41) is 30.3. The van der Waals surface area contributed by atoms with Crippen molar-refractivity contribution in [2.24, 2.45) is 0 Å². The lowest BCUT2D eigenvalue weighted by Gasteiger charge is -2.12. The van der Waals surface area contributed by atoms with Gasteiger partial charge in [0.15, 0.2) is 5.58 Å². The van der Waals surface area contributed by atoms with Gasteiger partial charge in [-0.3, -0.25) is 0 Å². The zero-order valence-electron chi connectivity index (χ0n) is 69.5. The Labute approximate surface area is 745 Å². The van der Waals surface area contributed by atoms with Crippen LogP contribution >= 0.6 is 22.7 Å². The zero-order chi connectivity index (χ0) is 84.2. The number of hydrogen-bond donors (Lipinski definition) is 0. The highest BCUT2D eigenvalue weighted by Gasteiger charge is 2.27. The van der Waals surface area contributed by atoms with Crippen LogP contribution in [0.5, 0.6) is 0 Å². The van der Waals surface area contributed by atoms with Crippen LogP contribution in [0.3, 0.4) is 0 Å². The molecule has 0 unspecified atom stereocenters. The molecule has 0 saturated heterocycles. The maximum absolute atomic E-state index is 6.56. The highest BCUT2D eigenvalue weighted by Crippen LogP contribution is 2.50. The summed E-state index contributed by atoms with van der Waals surface area (Å²) < 4.78 is 26.6. The molecular formula is C120H72N6OS2. The molecule has 30 rings (SSSR count). The van der Waals surface area contributed by atoms with Crippen molar-refractivity contribution in [3.63, 3.8) is 0 Å². The van der Waals surface area contributed by atoms with E-state index in [0.717, 1.165) is 38.8 Å². The summed E-state index contributed by atoms with van der Waals surface area (Å²) >= 11 is 3.78. The molecule has 9 heterocycles. The van der Waals surface area contributed by atoms with Crippen LogP contribution in [0.15, 0.2) is 441 Å². The van der Waals surface area contributed by atoms with Gasteiger partial charge in [0.25, 0.3) is 0 Å². The van der Waals surface area contributed by atoms with Crippen LogP contribution in [-0.2, 0) is 0 Å². The Morgan fingerprint density at radius 1 is 0.163 bits per heavy atom. The molecule has 0 saturated carbocycles. The number of nitrogens with zero attached hydrogens (tertiary/aromatic N) is 6. The second-order valence-corrected chi connectivity index (χ2v) is 36.1. The molecular weight excluding hydrogens is 1610 g/mol. The number of rotatable bonds is 6. The first kappa shape index (κ1) is 71.8. The van der Waals surface area contributed by atoms with Crippen molar-refractivity contribution in [2.45, 2.75) is 0 Å². The minimum Gasteiger partial charge on any atom is -0.454 e. The number of benzene rings is 21. The van der Waals surface area contributed by atoms with E-state index in [-0.39, 0.29) is 0 Å². The summed E-state index contributed by atoms with van der Waals surface area (Å²) in [6, 6.07) is 159. The van der Waals surface area contributed by atoms with E-state index < -0.39 is 0 Å². The van der Waals surface area contributed by atoms with Gasteiger partial charge in [-0.2, -0.15) is 0 Å². The molecule has 0 radical (unpaired) electrons. The van der Waals surface area contributed by atoms with Crippen molar-refractivity contribution in [3.8, 4) is 34.1 Å². The van der Waals surface area contributed by atoms with Crippen molar-refractivity contribution >= 4 is 248 Å². The molecule has 0 bridgehead atoms. The number of thiophene rings is 2. The van der Waals surface area contributed by atoms with Gasteiger partial charge >= 0.3 is 0 Å². The molecule has 0 aliphatic rings. The number of fused-ring (bicyclic) bond motifs is 33. The van der Waals surface area contributed by atoms with Crippen LogP contribution < -0.4 is 0 Å². The van der Waals surface area contributed by atoms with Crippen molar-refractivity contribution in [3.05, 3.63) is 437 Å². The predicted octanol–water partition coefficient (Wildman–Crippen LogP) is 33.7. The van der Waals surface area contributed by atoms with Gasteiger partial charge < -0.3 is 31.8 Å². The van der Waals surface area contributed by atoms with Gasteiger partial charge in [-0.1, -0.05) is 309 Å². The lowest BCUT2D eigenvalue weighted by atomic mass is 10.0. The average Bonchev–Trinajstić information content (AvgIpc) is 1.55. The topological polar surface area (TPSA) is 42.7 Å². The van der Waals surface area contributed by atoms with E-state index in [2.05, 4.69) is 458 Å². The molecule has 9 heteroatoms. The highest BCUT2D eigenvalue weighted by atomic mass is 32.1. The van der Waals surface area contributed by atoms with Gasteiger partial charge in [-0.25, -0.2) is 0 Å². The third-order valence-corrected chi connectivity index (χ3v) is 29.7. The molecule has 21 aromatic carbocycles. The second-order valence-electron chi connectivity index (χ2n) is 34.0. The van der Waals surface area contributed by atoms with Gasteiger partial charge in [0.2, 0.25) is 0 Å². The van der Waals surface area contributed by atoms with E-state index >= 15 is 0 Å². The molecule has 0 aliphatic heterocycles. The first-order valence-electron chi connectivity index (χ1n) is 44.1. The van der Waals surface area contributed by atoms with Crippen LogP contribution in [0.1, 0.15) is 0 Å². The van der Waals surface area contributed by atoms with Crippen LogP contribution in [-0.4, -0.2) is 27.4 Å². The van der Waals surface area contributed by atoms with E-state index in [9.17, 15) is 0 Å². The molecule has 600 valence electrons. The maximum atomic E-state index is 6.56. The van der Waals surface area contributed by atoms with E-state index in [1.54, 1.807) is 0 Å². The summed E-state index contributed by atoms with van der Waals surface area (Å²) in [7, 11) is 0. The Kier molecular flexibility index (Phi) is 15.6. The molecule has 0 amide bonds. The largest absolute Gasteiger partial charge is 0.454 e. The van der Waals surface area contributed by atoms with Crippen LogP contribution in [0.2, 0.25) is 0 Å². The van der Waals surface area contributed by atoms with Gasteiger partial charge in [-0.05, 0) is 144 Å². The predicted molar refractivity (Wildman–Crippen MR) is 551 cm³/mol. The summed E-state index contributed by atoms with van der Waals surface area (Å²) in [5.41, 5.74) is 23.4. The quantitative estimate of drug-likeness (QED) is 0.164. The summed E-state index contributed by atoms with van der Waals surface area (Å²) in [6.45, 7) is 0. The van der Waals surface area contributed by atoms with E-state index in [0.29, 0.717) is 0 Å². The fourth-order valence-electron chi connectivity index (χ4n) is 21.8. The molecule has 0 aliphatic carbocycles. The molecule has 0 spiro atoms. The summed E-state index contributed by atoms with van der Waals surface area (Å²) in [4.78, 5) is 0. The average molecular weight is 1680 g/mol. The Morgan fingerprint density at radius 3 is 0.922 bits per heavy atom. The minimum atomic E-state index is 0.904. The third-order valence-electron chi connectivity index (χ3n) is 27.3. The van der Waals surface area contributed by atoms with E-state index in [4.69, 9.17) is 4.42 Å². The summed E-state index contributed by atoms with van der Waals surface area (Å²) in [6.07, 6.45) is 0. The lowest BCUT2D eigenvalue weighted by Crippen LogP contribution is -1.96.